The van der Waals surface area contributed by atoms with E-state index < -0.39 is 0 Å². The van der Waals surface area contributed by atoms with Crippen molar-refractivity contribution >= 4 is 39.0 Å². The minimum atomic E-state index is -0.206. The molecule has 0 spiro atoms. The summed E-state index contributed by atoms with van der Waals surface area (Å²) in [7, 11) is 0. The molecule has 0 atom stereocenters. The summed E-state index contributed by atoms with van der Waals surface area (Å²) in [6, 6.07) is 54.0. The van der Waals surface area contributed by atoms with Crippen molar-refractivity contribution in [2.24, 2.45) is 0 Å². The summed E-state index contributed by atoms with van der Waals surface area (Å²) in [5.74, 6) is 0. The molecule has 0 saturated heterocycles. The van der Waals surface area contributed by atoms with Crippen molar-refractivity contribution in [1.82, 2.24) is 0 Å². The summed E-state index contributed by atoms with van der Waals surface area (Å²) in [5.41, 5.74) is 19.5. The van der Waals surface area contributed by atoms with Crippen LogP contribution in [0.2, 0.25) is 0 Å². The van der Waals surface area contributed by atoms with Crippen LogP contribution in [0, 0.1) is 0 Å². The first-order valence-electron chi connectivity index (χ1n) is 19.3. The zero-order valence-electron chi connectivity index (χ0n) is 32.2. The number of fused-ring (bicyclic) bond motifs is 10. The van der Waals surface area contributed by atoms with Crippen LogP contribution >= 0.6 is 0 Å². The van der Waals surface area contributed by atoms with E-state index >= 15 is 0 Å². The van der Waals surface area contributed by atoms with E-state index in [2.05, 4.69) is 199 Å². The van der Waals surface area contributed by atoms with Gasteiger partial charge in [0.15, 0.2) is 0 Å². The summed E-state index contributed by atoms with van der Waals surface area (Å²) in [6.07, 6.45) is 0. The second-order valence-corrected chi connectivity index (χ2v) is 17.4. The van der Waals surface area contributed by atoms with Crippen LogP contribution in [-0.2, 0) is 16.2 Å². The molecule has 10 rings (SSSR count). The van der Waals surface area contributed by atoms with E-state index in [1.54, 1.807) is 0 Å². The Bertz CT molecular complexity index is 2790. The van der Waals surface area contributed by atoms with Gasteiger partial charge in [0.2, 0.25) is 0 Å². The van der Waals surface area contributed by atoms with E-state index in [-0.39, 0.29) is 16.2 Å². The Morgan fingerprint density at radius 3 is 1.85 bits per heavy atom. The monoisotopic (exact) mass is 699 g/mol. The first-order valence-corrected chi connectivity index (χ1v) is 19.3. The highest BCUT2D eigenvalue weighted by atomic mass is 16.3. The second kappa shape index (κ2) is 11.3. The molecule has 8 aromatic rings. The molecule has 7 aromatic carbocycles. The van der Waals surface area contributed by atoms with Crippen molar-refractivity contribution in [1.29, 1.82) is 0 Å². The molecule has 2 aliphatic rings. The Morgan fingerprint density at radius 2 is 1.07 bits per heavy atom. The van der Waals surface area contributed by atoms with Crippen LogP contribution < -0.4 is 4.90 Å². The van der Waals surface area contributed by atoms with Crippen LogP contribution in [0.1, 0.15) is 76.3 Å². The van der Waals surface area contributed by atoms with Crippen molar-refractivity contribution in [2.45, 2.75) is 64.7 Å². The van der Waals surface area contributed by atoms with E-state index in [9.17, 15) is 0 Å². The number of anilines is 3. The maximum absolute atomic E-state index is 6.53. The van der Waals surface area contributed by atoms with Gasteiger partial charge in [-0.2, -0.15) is 0 Å². The van der Waals surface area contributed by atoms with Crippen molar-refractivity contribution in [3.05, 3.63) is 173 Å². The molecule has 2 nitrogen and oxygen atoms in total. The smallest absolute Gasteiger partial charge is 0.135 e. The van der Waals surface area contributed by atoms with Gasteiger partial charge in [0, 0.05) is 38.7 Å². The standard InChI is InChI=1S/C52H45NO/c1-50(2,3)34-19-27-46-42(29-34)48-47(54-46)28-25-40-41-30-36(23-26-44(41)52(6,7)49(40)48)53(35-20-17-33(18-21-35)32-13-9-8-10-14-32)37-22-24-39-38-15-11-12-16-43(38)51(4,5)45(39)31-37/h8-31H,1-7H3. The van der Waals surface area contributed by atoms with Gasteiger partial charge in [-0.25, -0.2) is 0 Å². The molecule has 2 aliphatic carbocycles. The summed E-state index contributed by atoms with van der Waals surface area (Å²) in [4.78, 5) is 2.45. The fourth-order valence-electron chi connectivity index (χ4n) is 9.49. The van der Waals surface area contributed by atoms with Crippen molar-refractivity contribution < 1.29 is 4.42 Å². The largest absolute Gasteiger partial charge is 0.456 e. The van der Waals surface area contributed by atoms with Gasteiger partial charge in [-0.15, -0.1) is 0 Å². The molecule has 2 heteroatoms. The lowest BCUT2D eigenvalue weighted by Crippen LogP contribution is -2.17. The van der Waals surface area contributed by atoms with Gasteiger partial charge >= 0.3 is 0 Å². The molecule has 54 heavy (non-hydrogen) atoms. The van der Waals surface area contributed by atoms with Gasteiger partial charge < -0.3 is 9.32 Å². The van der Waals surface area contributed by atoms with Crippen LogP contribution in [0.25, 0.3) is 55.3 Å². The fraction of sp³-hybridized carbons (Fsp3) is 0.192. The van der Waals surface area contributed by atoms with Crippen LogP contribution in [-0.4, -0.2) is 0 Å². The average molecular weight is 700 g/mol. The van der Waals surface area contributed by atoms with Crippen LogP contribution in [0.5, 0.6) is 0 Å². The molecule has 0 aliphatic heterocycles. The van der Waals surface area contributed by atoms with Crippen LogP contribution in [0.15, 0.2) is 150 Å². The molecule has 264 valence electrons. The summed E-state index contributed by atoms with van der Waals surface area (Å²) in [6.45, 7) is 16.3. The first-order chi connectivity index (χ1) is 25.9. The zero-order valence-corrected chi connectivity index (χ0v) is 32.2. The summed E-state index contributed by atoms with van der Waals surface area (Å²) < 4.78 is 6.53. The molecule has 1 aromatic heterocycles. The summed E-state index contributed by atoms with van der Waals surface area (Å²) in [5, 5.41) is 2.45. The van der Waals surface area contributed by atoms with Crippen LogP contribution in [0.3, 0.4) is 0 Å². The van der Waals surface area contributed by atoms with E-state index in [0.717, 1.165) is 28.2 Å². The lowest BCUT2D eigenvalue weighted by atomic mass is 9.80. The topological polar surface area (TPSA) is 16.4 Å². The highest BCUT2D eigenvalue weighted by Gasteiger charge is 2.39. The third kappa shape index (κ3) is 4.72. The highest BCUT2D eigenvalue weighted by Crippen LogP contribution is 2.55. The molecule has 0 N–H and O–H groups in total. The number of nitrogens with zero attached hydrogens (tertiary/aromatic N) is 1. The molecule has 1 heterocycles. The third-order valence-corrected chi connectivity index (χ3v) is 12.4. The number of benzene rings is 7. The minimum Gasteiger partial charge on any atom is -0.456 e. The van der Waals surface area contributed by atoms with E-state index in [0.29, 0.717) is 0 Å². The Morgan fingerprint density at radius 1 is 0.463 bits per heavy atom. The van der Waals surface area contributed by atoms with Gasteiger partial charge in [0.25, 0.3) is 0 Å². The Labute approximate surface area is 318 Å². The SMILES string of the molecule is CC(C)(C)c1ccc2oc3ccc4c(c3c2c1)C(C)(C)c1ccc(N(c2ccc(-c3ccccc3)cc2)c2ccc3c(c2)C(C)(C)c2ccccc2-3)cc1-4. The molecule has 0 radical (unpaired) electrons. The van der Waals surface area contributed by atoms with Gasteiger partial charge in [-0.1, -0.05) is 139 Å². The quantitative estimate of drug-likeness (QED) is 0.182. The third-order valence-electron chi connectivity index (χ3n) is 12.4. The predicted octanol–water partition coefficient (Wildman–Crippen LogP) is 14.6. The number of hydrogen-bond donors (Lipinski definition) is 0. The molecular weight excluding hydrogens is 655 g/mol. The Kier molecular flexibility index (Phi) is 6.87. The van der Waals surface area contributed by atoms with Gasteiger partial charge in [-0.05, 0) is 121 Å². The fourth-order valence-corrected chi connectivity index (χ4v) is 9.49. The summed E-state index contributed by atoms with van der Waals surface area (Å²) >= 11 is 0. The molecule has 0 saturated carbocycles. The second-order valence-electron chi connectivity index (χ2n) is 17.4. The highest BCUT2D eigenvalue weighted by molar-refractivity contribution is 6.11. The van der Waals surface area contributed by atoms with E-state index in [4.69, 9.17) is 4.42 Å². The predicted molar refractivity (Wildman–Crippen MR) is 228 cm³/mol. The van der Waals surface area contributed by atoms with Crippen LogP contribution in [0.4, 0.5) is 17.1 Å². The molecule has 0 bridgehead atoms. The van der Waals surface area contributed by atoms with E-state index in [1.807, 2.05) is 0 Å². The number of furan rings is 1. The number of hydrogen-bond acceptors (Lipinski definition) is 2. The lowest BCUT2D eigenvalue weighted by Gasteiger charge is -2.29. The molecular formula is C52H45NO. The maximum Gasteiger partial charge on any atom is 0.135 e. The number of rotatable bonds is 4. The Hall–Kier alpha value is -5.86. The first kappa shape index (κ1) is 32.8. The van der Waals surface area contributed by atoms with Gasteiger partial charge in [0.05, 0.1) is 0 Å². The Balaban J connectivity index is 1.16. The zero-order chi connectivity index (χ0) is 37.1. The molecule has 0 amide bonds. The molecule has 0 unspecified atom stereocenters. The average Bonchev–Trinajstić information content (AvgIpc) is 3.74. The van der Waals surface area contributed by atoms with Crippen molar-refractivity contribution in [3.8, 4) is 33.4 Å². The maximum atomic E-state index is 6.53. The van der Waals surface area contributed by atoms with Crippen molar-refractivity contribution in [3.63, 3.8) is 0 Å². The van der Waals surface area contributed by atoms with Crippen molar-refractivity contribution in [2.75, 3.05) is 4.90 Å². The minimum absolute atomic E-state index is 0.0431. The van der Waals surface area contributed by atoms with Gasteiger partial charge in [0.1, 0.15) is 11.2 Å². The molecule has 0 fully saturated rings. The normalized spacial score (nSPS) is 14.9. The van der Waals surface area contributed by atoms with Gasteiger partial charge in [-0.3, -0.25) is 0 Å². The van der Waals surface area contributed by atoms with E-state index in [1.165, 1.54) is 72.0 Å². The lowest BCUT2D eigenvalue weighted by molar-refractivity contribution is 0.590.